The minimum atomic E-state index is 0.708. The Kier molecular flexibility index (Phi) is 8.76. The summed E-state index contributed by atoms with van der Waals surface area (Å²) in [7, 11) is 2.15. The Balaban J connectivity index is 1.70. The van der Waals surface area contributed by atoms with Crippen LogP contribution < -0.4 is 10.6 Å². The van der Waals surface area contributed by atoms with Crippen molar-refractivity contribution in [3.8, 4) is 0 Å². The lowest BCUT2D eigenvalue weighted by atomic mass is 9.91. The minimum absolute atomic E-state index is 0.708. The Morgan fingerprint density at radius 2 is 1.63 bits per heavy atom. The molecule has 1 aliphatic rings. The summed E-state index contributed by atoms with van der Waals surface area (Å²) < 4.78 is 0. The first-order valence-electron chi connectivity index (χ1n) is 13.8. The molecular formula is C36H36N4S. The van der Waals surface area contributed by atoms with E-state index in [1.54, 1.807) is 11.8 Å². The van der Waals surface area contributed by atoms with Gasteiger partial charge in [-0.1, -0.05) is 103 Å². The van der Waals surface area contributed by atoms with Gasteiger partial charge in [0.1, 0.15) is 17.5 Å². The monoisotopic (exact) mass is 556 g/mol. The van der Waals surface area contributed by atoms with Gasteiger partial charge >= 0.3 is 0 Å². The predicted molar refractivity (Wildman–Crippen MR) is 176 cm³/mol. The van der Waals surface area contributed by atoms with Crippen LogP contribution in [0.4, 0.5) is 5.82 Å². The molecule has 5 rings (SSSR count). The summed E-state index contributed by atoms with van der Waals surface area (Å²) in [5.74, 6) is 2.73. The smallest absolute Gasteiger partial charge is 0.131 e. The zero-order valence-electron chi connectivity index (χ0n) is 24.1. The molecule has 0 amide bonds. The summed E-state index contributed by atoms with van der Waals surface area (Å²) in [4.78, 5) is 9.17. The molecule has 1 aliphatic heterocycles. The largest absolute Gasteiger partial charge is 0.356 e. The molecule has 206 valence electrons. The fourth-order valence-electron chi connectivity index (χ4n) is 5.03. The molecule has 0 spiro atoms. The van der Waals surface area contributed by atoms with E-state index >= 15 is 0 Å². The van der Waals surface area contributed by atoms with Gasteiger partial charge in [0.25, 0.3) is 0 Å². The van der Waals surface area contributed by atoms with Crippen LogP contribution in [0.25, 0.3) is 16.7 Å². The normalized spacial score (nSPS) is 14.9. The van der Waals surface area contributed by atoms with Crippen molar-refractivity contribution in [3.05, 3.63) is 155 Å². The van der Waals surface area contributed by atoms with Gasteiger partial charge in [-0.15, -0.1) is 0 Å². The van der Waals surface area contributed by atoms with Crippen LogP contribution >= 0.6 is 11.8 Å². The minimum Gasteiger partial charge on any atom is -0.356 e. The van der Waals surface area contributed by atoms with Gasteiger partial charge < -0.3 is 15.5 Å². The topological polar surface area (TPSA) is 40.2 Å². The average Bonchev–Trinajstić information content (AvgIpc) is 2.99. The maximum absolute atomic E-state index is 4.58. The van der Waals surface area contributed by atoms with Crippen molar-refractivity contribution in [1.29, 1.82) is 0 Å². The Morgan fingerprint density at radius 1 is 0.951 bits per heavy atom. The molecule has 1 aromatic heterocycles. The molecule has 41 heavy (non-hydrogen) atoms. The Morgan fingerprint density at radius 3 is 2.27 bits per heavy atom. The highest BCUT2D eigenvalue weighted by Gasteiger charge is 2.27. The van der Waals surface area contributed by atoms with Crippen LogP contribution in [0.3, 0.4) is 0 Å². The first-order chi connectivity index (χ1) is 19.9. The number of thioether (sulfide) groups is 1. The number of benzene rings is 3. The number of anilines is 1. The Bertz CT molecular complexity index is 1620. The van der Waals surface area contributed by atoms with Gasteiger partial charge in [0.05, 0.1) is 0 Å². The van der Waals surface area contributed by atoms with E-state index in [1.165, 1.54) is 27.2 Å². The van der Waals surface area contributed by atoms with E-state index in [4.69, 9.17) is 0 Å². The summed E-state index contributed by atoms with van der Waals surface area (Å²) in [6.45, 7) is 11.1. The number of aryl methyl sites for hydroxylation is 1. The zero-order chi connectivity index (χ0) is 28.8. The number of nitrogens with one attached hydrogen (secondary N) is 2. The van der Waals surface area contributed by atoms with Crippen LogP contribution in [0.2, 0.25) is 0 Å². The Labute approximate surface area is 248 Å². The first-order valence-corrected chi connectivity index (χ1v) is 14.6. The quantitative estimate of drug-likeness (QED) is 0.212. The number of allylic oxidation sites excluding steroid dienone is 4. The summed E-state index contributed by atoms with van der Waals surface area (Å²) in [5.41, 5.74) is 8.20. The number of pyridine rings is 1. The lowest BCUT2D eigenvalue weighted by Crippen LogP contribution is -2.39. The van der Waals surface area contributed by atoms with Crippen molar-refractivity contribution in [1.82, 2.24) is 15.2 Å². The van der Waals surface area contributed by atoms with Crippen molar-refractivity contribution in [3.63, 3.8) is 0 Å². The lowest BCUT2D eigenvalue weighted by Gasteiger charge is -2.36. The van der Waals surface area contributed by atoms with Crippen LogP contribution in [0.15, 0.2) is 137 Å². The molecule has 4 aromatic rings. The van der Waals surface area contributed by atoms with E-state index in [0.29, 0.717) is 6.54 Å². The number of hydrogen-bond acceptors (Lipinski definition) is 5. The highest BCUT2D eigenvalue weighted by Crippen LogP contribution is 2.38. The van der Waals surface area contributed by atoms with Gasteiger partial charge in [-0.05, 0) is 71.7 Å². The number of nitrogens with zero attached hydrogens (tertiary/aromatic N) is 2. The van der Waals surface area contributed by atoms with Crippen LogP contribution in [0, 0.1) is 6.92 Å². The maximum atomic E-state index is 4.58. The van der Waals surface area contributed by atoms with E-state index in [0.717, 1.165) is 39.1 Å². The van der Waals surface area contributed by atoms with Crippen molar-refractivity contribution >= 4 is 34.3 Å². The van der Waals surface area contributed by atoms with Crippen LogP contribution in [-0.4, -0.2) is 23.5 Å². The number of likely N-dealkylation sites (N-methyl/N-ethyl adjacent to an activating group) is 1. The molecule has 0 saturated carbocycles. The predicted octanol–water partition coefficient (Wildman–Crippen LogP) is 8.80. The van der Waals surface area contributed by atoms with Crippen molar-refractivity contribution in [2.24, 2.45) is 0 Å². The second-order valence-electron chi connectivity index (χ2n) is 10.1. The number of rotatable bonds is 8. The molecule has 0 aliphatic carbocycles. The zero-order valence-corrected chi connectivity index (χ0v) is 24.9. The van der Waals surface area contributed by atoms with Gasteiger partial charge in [-0.3, -0.25) is 0 Å². The van der Waals surface area contributed by atoms with Gasteiger partial charge in [-0.2, -0.15) is 0 Å². The molecule has 0 fully saturated rings. The molecule has 0 radical (unpaired) electrons. The second kappa shape index (κ2) is 12.8. The fraction of sp³-hybridized carbons (Fsp3) is 0.139. The highest BCUT2D eigenvalue weighted by molar-refractivity contribution is 8.03. The van der Waals surface area contributed by atoms with Crippen LogP contribution in [0.5, 0.6) is 0 Å². The van der Waals surface area contributed by atoms with Crippen LogP contribution in [-0.2, 0) is 0 Å². The van der Waals surface area contributed by atoms with Gasteiger partial charge in [-0.25, -0.2) is 4.98 Å². The lowest BCUT2D eigenvalue weighted by molar-refractivity contribution is 0.428. The average molecular weight is 557 g/mol. The van der Waals surface area contributed by atoms with Crippen molar-refractivity contribution in [2.45, 2.75) is 25.7 Å². The summed E-state index contributed by atoms with van der Waals surface area (Å²) in [5, 5.41) is 7.44. The van der Waals surface area contributed by atoms with E-state index in [1.807, 2.05) is 31.3 Å². The third kappa shape index (κ3) is 6.47. The van der Waals surface area contributed by atoms with Crippen molar-refractivity contribution < 1.29 is 0 Å². The van der Waals surface area contributed by atoms with E-state index in [-0.39, 0.29) is 0 Å². The summed E-state index contributed by atoms with van der Waals surface area (Å²) >= 11 is 1.72. The van der Waals surface area contributed by atoms with Gasteiger partial charge in [0, 0.05) is 35.8 Å². The third-order valence-corrected chi connectivity index (χ3v) is 8.01. The number of hydrogen-bond donors (Lipinski definition) is 2. The molecule has 4 nitrogen and oxygen atoms in total. The van der Waals surface area contributed by atoms with Gasteiger partial charge in [0.15, 0.2) is 0 Å². The van der Waals surface area contributed by atoms with Gasteiger partial charge in [0.2, 0.25) is 0 Å². The molecule has 3 aromatic carbocycles. The summed E-state index contributed by atoms with van der Waals surface area (Å²) in [6, 6.07) is 33.8. The Hall–Kier alpha value is -4.48. The molecule has 5 heteroatoms. The molecule has 0 bridgehead atoms. The molecule has 0 saturated heterocycles. The third-order valence-electron chi connectivity index (χ3n) is 7.00. The fourth-order valence-corrected chi connectivity index (χ4v) is 5.82. The molecular weight excluding hydrogens is 520 g/mol. The second-order valence-corrected chi connectivity index (χ2v) is 11.5. The molecule has 2 heterocycles. The van der Waals surface area contributed by atoms with E-state index < -0.39 is 0 Å². The van der Waals surface area contributed by atoms with E-state index in [9.17, 15) is 0 Å². The SMILES string of the molecule is C=C(C)Sc1cc(C2=C(Nc3ccccn3)N/C(=C(/C(=C\C)c3ccccc3)c3ccccc3)N(C)C2)ccc1C. The molecule has 2 N–H and O–H groups in total. The summed E-state index contributed by atoms with van der Waals surface area (Å²) in [6.07, 6.45) is 4.01. The molecule has 0 atom stereocenters. The molecule has 0 unspecified atom stereocenters. The standard InChI is InChI=1S/C36H36N4S/c1-6-30(27-15-9-7-10-16-27)34(28-17-11-8-12-18-28)36-39-35(38-33-19-13-14-22-37-33)31(24-40(36)5)29-21-20-26(4)32(23-29)41-25(2)3/h6-23,39H,2,24H2,1,3-5H3,(H,37,38)/b30-6-,36-34-. The van der Waals surface area contributed by atoms with Crippen molar-refractivity contribution in [2.75, 3.05) is 18.9 Å². The first kappa shape index (κ1) is 28.1. The maximum Gasteiger partial charge on any atom is 0.131 e. The number of aromatic nitrogens is 1. The van der Waals surface area contributed by atoms with E-state index in [2.05, 4.69) is 133 Å². The van der Waals surface area contributed by atoms with Crippen LogP contribution in [0.1, 0.15) is 36.1 Å². The highest BCUT2D eigenvalue weighted by atomic mass is 32.2.